The molecule has 1 unspecified atom stereocenters. The predicted octanol–water partition coefficient (Wildman–Crippen LogP) is 3.02. The van der Waals surface area contributed by atoms with Crippen LogP contribution in [-0.2, 0) is 0 Å². The predicted molar refractivity (Wildman–Crippen MR) is 117 cm³/mol. The van der Waals surface area contributed by atoms with Crippen LogP contribution >= 0.6 is 0 Å². The van der Waals surface area contributed by atoms with Crippen molar-refractivity contribution in [2.45, 2.75) is 44.1 Å². The average molecular weight is 423 g/mol. The molecular weight excluding hydrogens is 397 g/mol. The van der Waals surface area contributed by atoms with Crippen molar-refractivity contribution in [2.24, 2.45) is 0 Å². The van der Waals surface area contributed by atoms with Crippen molar-refractivity contribution in [2.75, 3.05) is 14.1 Å². The quantitative estimate of drug-likeness (QED) is 0.427. The van der Waals surface area contributed by atoms with Crippen LogP contribution < -0.4 is 5.32 Å². The van der Waals surface area contributed by atoms with E-state index in [2.05, 4.69) is 31.0 Å². The number of nitrogens with one attached hydrogen (secondary N) is 2. The molecule has 4 heterocycles. The Hall–Kier alpha value is -2.88. The fourth-order valence-corrected chi connectivity index (χ4v) is 4.45. The Morgan fingerprint density at radius 1 is 1.29 bits per heavy atom. The van der Waals surface area contributed by atoms with Crippen LogP contribution in [0, 0.1) is 5.82 Å². The Bertz CT molecular complexity index is 1220. The van der Waals surface area contributed by atoms with Crippen molar-refractivity contribution in [3.8, 4) is 11.4 Å². The number of H-pyrrole nitrogens is 1. The molecule has 0 bridgehead atoms. The minimum Gasteiger partial charge on any atom is -0.365 e. The molecular formula is C22H26FN7O. The lowest BCUT2D eigenvalue weighted by molar-refractivity contribution is -0.00457. The van der Waals surface area contributed by atoms with Gasteiger partial charge < -0.3 is 14.7 Å². The number of nitrogens with zero attached hydrogens (tertiary/aromatic N) is 5. The summed E-state index contributed by atoms with van der Waals surface area (Å²) in [5.74, 6) is 0.151. The minimum atomic E-state index is -0.657. The first kappa shape index (κ1) is 20.0. The summed E-state index contributed by atoms with van der Waals surface area (Å²) >= 11 is 0. The molecule has 5 rings (SSSR count). The topological polar surface area (TPSA) is 94.9 Å². The Morgan fingerprint density at radius 2 is 2.16 bits per heavy atom. The molecule has 0 aliphatic heterocycles. The van der Waals surface area contributed by atoms with E-state index >= 15 is 0 Å². The SMILES string of the molecule is CN(C)C(O)N[C@@H]1CCC[C@H](n2ccc3cnc(-c4c[nH]c5ncc(F)cc45)nc32)C1. The second-order valence-corrected chi connectivity index (χ2v) is 8.47. The fraction of sp³-hybridized carbons (Fsp3) is 0.409. The van der Waals surface area contributed by atoms with E-state index < -0.39 is 12.2 Å². The van der Waals surface area contributed by atoms with E-state index in [0.29, 0.717) is 16.9 Å². The van der Waals surface area contributed by atoms with Gasteiger partial charge in [0.1, 0.15) is 17.1 Å². The van der Waals surface area contributed by atoms with Gasteiger partial charge in [-0.05, 0) is 51.9 Å². The zero-order valence-electron chi connectivity index (χ0n) is 17.6. The summed E-state index contributed by atoms with van der Waals surface area (Å²) in [5.41, 5.74) is 2.20. The largest absolute Gasteiger partial charge is 0.365 e. The van der Waals surface area contributed by atoms with Crippen molar-refractivity contribution >= 4 is 22.1 Å². The molecule has 1 aliphatic carbocycles. The van der Waals surface area contributed by atoms with Crippen molar-refractivity contribution < 1.29 is 9.50 Å². The smallest absolute Gasteiger partial charge is 0.163 e. The third-order valence-electron chi connectivity index (χ3n) is 6.11. The van der Waals surface area contributed by atoms with Gasteiger partial charge in [-0.2, -0.15) is 0 Å². The van der Waals surface area contributed by atoms with Crippen LogP contribution in [0.4, 0.5) is 4.39 Å². The molecule has 3 N–H and O–H groups in total. The highest BCUT2D eigenvalue weighted by molar-refractivity contribution is 5.92. The molecule has 1 aliphatic rings. The first-order chi connectivity index (χ1) is 15.0. The molecule has 0 radical (unpaired) electrons. The van der Waals surface area contributed by atoms with Gasteiger partial charge in [-0.15, -0.1) is 0 Å². The number of aliphatic hydroxyl groups is 1. The van der Waals surface area contributed by atoms with Crippen molar-refractivity contribution in [3.63, 3.8) is 0 Å². The summed E-state index contributed by atoms with van der Waals surface area (Å²) in [6.07, 6.45) is 10.3. The Balaban J connectivity index is 1.47. The summed E-state index contributed by atoms with van der Waals surface area (Å²) in [6, 6.07) is 4.00. The molecule has 0 saturated heterocycles. The lowest BCUT2D eigenvalue weighted by atomic mass is 9.91. The number of fused-ring (bicyclic) bond motifs is 2. The fourth-order valence-electron chi connectivity index (χ4n) is 4.45. The van der Waals surface area contributed by atoms with Crippen LogP contribution in [0.25, 0.3) is 33.5 Å². The number of rotatable bonds is 5. The Kier molecular flexibility index (Phi) is 5.17. The molecule has 3 atom stereocenters. The summed E-state index contributed by atoms with van der Waals surface area (Å²) in [6.45, 7) is 0. The maximum Gasteiger partial charge on any atom is 0.163 e. The second-order valence-electron chi connectivity index (χ2n) is 8.47. The van der Waals surface area contributed by atoms with Gasteiger partial charge in [0.25, 0.3) is 0 Å². The Morgan fingerprint density at radius 3 is 3.00 bits per heavy atom. The van der Waals surface area contributed by atoms with E-state index in [1.54, 1.807) is 11.1 Å². The van der Waals surface area contributed by atoms with Gasteiger partial charge in [0, 0.05) is 47.0 Å². The standard InChI is InChI=1S/C22H26FN7O/c1-29(2)22(31)27-15-4-3-5-16(9-15)30-7-6-13-10-24-20(28-21(13)30)18-12-26-19-17(18)8-14(23)11-25-19/h6-8,10-12,15-16,22,27,31H,3-5,9H2,1-2H3,(H,25,26)/t15-,16+,22?/m1/s1. The summed E-state index contributed by atoms with van der Waals surface area (Å²) in [5, 5.41) is 15.1. The maximum atomic E-state index is 13.7. The van der Waals surface area contributed by atoms with Gasteiger partial charge in [0.05, 0.1) is 6.20 Å². The van der Waals surface area contributed by atoms with Gasteiger partial charge in [-0.3, -0.25) is 10.2 Å². The van der Waals surface area contributed by atoms with Gasteiger partial charge >= 0.3 is 0 Å². The van der Waals surface area contributed by atoms with E-state index in [-0.39, 0.29) is 12.1 Å². The van der Waals surface area contributed by atoms with Crippen LogP contribution in [0.15, 0.2) is 36.9 Å². The Labute approximate surface area is 179 Å². The van der Waals surface area contributed by atoms with Crippen LogP contribution in [0.2, 0.25) is 0 Å². The molecule has 4 aromatic heterocycles. The number of aliphatic hydroxyl groups excluding tert-OH is 1. The zero-order chi connectivity index (χ0) is 21.5. The molecule has 1 saturated carbocycles. The third kappa shape index (κ3) is 3.80. The van der Waals surface area contributed by atoms with E-state index in [4.69, 9.17) is 4.98 Å². The first-order valence-corrected chi connectivity index (χ1v) is 10.6. The van der Waals surface area contributed by atoms with Gasteiger partial charge in [-0.25, -0.2) is 19.3 Å². The maximum absolute atomic E-state index is 13.7. The van der Waals surface area contributed by atoms with Crippen LogP contribution in [0.1, 0.15) is 31.7 Å². The van der Waals surface area contributed by atoms with Gasteiger partial charge in [0.2, 0.25) is 0 Å². The van der Waals surface area contributed by atoms with Crippen LogP contribution in [-0.4, -0.2) is 61.0 Å². The van der Waals surface area contributed by atoms with Gasteiger partial charge in [-0.1, -0.05) is 0 Å². The van der Waals surface area contributed by atoms with Crippen LogP contribution in [0.3, 0.4) is 0 Å². The highest BCUT2D eigenvalue weighted by Gasteiger charge is 2.26. The number of aromatic amines is 1. The van der Waals surface area contributed by atoms with Gasteiger partial charge in [0.15, 0.2) is 12.2 Å². The number of pyridine rings is 1. The van der Waals surface area contributed by atoms with E-state index in [0.717, 1.165) is 42.3 Å². The highest BCUT2D eigenvalue weighted by atomic mass is 19.1. The molecule has 1 fully saturated rings. The minimum absolute atomic E-state index is 0.234. The molecule has 0 amide bonds. The van der Waals surface area contributed by atoms with E-state index in [1.807, 2.05) is 26.4 Å². The molecule has 0 spiro atoms. The second kappa shape index (κ2) is 7.99. The monoisotopic (exact) mass is 423 g/mol. The summed E-state index contributed by atoms with van der Waals surface area (Å²) in [4.78, 5) is 18.3. The third-order valence-corrected chi connectivity index (χ3v) is 6.11. The number of aromatic nitrogens is 5. The normalized spacial score (nSPS) is 20.7. The average Bonchev–Trinajstić information content (AvgIpc) is 3.37. The van der Waals surface area contributed by atoms with Crippen molar-refractivity contribution in [3.05, 3.63) is 42.7 Å². The molecule has 4 aromatic rings. The summed E-state index contributed by atoms with van der Waals surface area (Å²) < 4.78 is 16.0. The van der Waals surface area contributed by atoms with E-state index in [1.165, 1.54) is 12.3 Å². The first-order valence-electron chi connectivity index (χ1n) is 10.6. The molecule has 0 aromatic carbocycles. The summed E-state index contributed by atoms with van der Waals surface area (Å²) in [7, 11) is 3.70. The number of hydrogen-bond acceptors (Lipinski definition) is 6. The lowest BCUT2D eigenvalue weighted by Gasteiger charge is -2.33. The van der Waals surface area contributed by atoms with E-state index in [9.17, 15) is 9.50 Å². The molecule has 31 heavy (non-hydrogen) atoms. The van der Waals surface area contributed by atoms with Crippen molar-refractivity contribution in [1.29, 1.82) is 0 Å². The molecule has 162 valence electrons. The molecule has 8 nitrogen and oxygen atoms in total. The highest BCUT2D eigenvalue weighted by Crippen LogP contribution is 2.33. The number of hydrogen-bond donors (Lipinski definition) is 3. The molecule has 9 heteroatoms. The number of halogens is 1. The zero-order valence-corrected chi connectivity index (χ0v) is 17.6. The van der Waals surface area contributed by atoms with Crippen molar-refractivity contribution in [1.82, 2.24) is 34.7 Å². The lowest BCUT2D eigenvalue weighted by Crippen LogP contribution is -2.48. The van der Waals surface area contributed by atoms with Crippen LogP contribution in [0.5, 0.6) is 0 Å².